The lowest BCUT2D eigenvalue weighted by Crippen LogP contribution is -2.32. The Labute approximate surface area is 145 Å². The van der Waals surface area contributed by atoms with Gasteiger partial charge in [-0.2, -0.15) is 0 Å². The smallest absolute Gasteiger partial charge is 0.293 e. The monoisotopic (exact) mass is 393 g/mol. The Bertz CT molecular complexity index is 756. The largest absolute Gasteiger partial charge is 0.492 e. The topological polar surface area (TPSA) is 59.8 Å². The molecule has 1 aliphatic rings. The maximum Gasteiger partial charge on any atom is 0.293 e. The number of halogens is 1. The molecular weight excluding hydrogens is 382 g/mol. The van der Waals surface area contributed by atoms with Crippen molar-refractivity contribution < 1.29 is 18.7 Å². The molecule has 0 bridgehead atoms. The molecule has 1 aromatic heterocycles. The van der Waals surface area contributed by atoms with Crippen molar-refractivity contribution in [2.75, 3.05) is 13.2 Å². The van der Waals surface area contributed by atoms with Gasteiger partial charge in [0, 0.05) is 6.08 Å². The van der Waals surface area contributed by atoms with Gasteiger partial charge in [0.15, 0.2) is 4.67 Å². The van der Waals surface area contributed by atoms with Crippen LogP contribution in [0.4, 0.5) is 4.79 Å². The summed E-state index contributed by atoms with van der Waals surface area (Å²) in [5.41, 5.74) is 0. The lowest BCUT2D eigenvalue weighted by Gasteiger charge is -2.13. The molecule has 1 aromatic carbocycles. The summed E-state index contributed by atoms with van der Waals surface area (Å²) in [4.78, 5) is 25.8. The highest BCUT2D eigenvalue weighted by Gasteiger charge is 2.35. The molecule has 3 rings (SSSR count). The van der Waals surface area contributed by atoms with Crippen LogP contribution in [0.1, 0.15) is 5.76 Å². The van der Waals surface area contributed by atoms with Crippen molar-refractivity contribution in [3.63, 3.8) is 0 Å². The van der Waals surface area contributed by atoms with Crippen LogP contribution < -0.4 is 4.74 Å². The number of amides is 2. The lowest BCUT2D eigenvalue weighted by atomic mass is 10.3. The second-order valence-corrected chi connectivity index (χ2v) is 6.41. The fraction of sp³-hybridized carbons (Fsp3) is 0.125. The van der Waals surface area contributed by atoms with Gasteiger partial charge in [-0.25, -0.2) is 0 Å². The quantitative estimate of drug-likeness (QED) is 0.713. The Morgan fingerprint density at radius 3 is 2.65 bits per heavy atom. The number of thioether (sulfide) groups is 1. The van der Waals surface area contributed by atoms with E-state index in [0.29, 0.717) is 21.1 Å². The molecule has 0 atom stereocenters. The highest BCUT2D eigenvalue weighted by atomic mass is 79.9. The van der Waals surface area contributed by atoms with Gasteiger partial charge in [0.2, 0.25) is 0 Å². The molecule has 0 unspecified atom stereocenters. The van der Waals surface area contributed by atoms with Crippen LogP contribution in [0.2, 0.25) is 0 Å². The van der Waals surface area contributed by atoms with Gasteiger partial charge in [0.25, 0.3) is 11.1 Å². The zero-order valence-corrected chi connectivity index (χ0v) is 14.3. The maximum atomic E-state index is 12.3. The van der Waals surface area contributed by atoms with Gasteiger partial charge in [-0.15, -0.1) is 0 Å². The van der Waals surface area contributed by atoms with Gasteiger partial charge in [-0.3, -0.25) is 14.5 Å². The molecule has 7 heteroatoms. The summed E-state index contributed by atoms with van der Waals surface area (Å²) in [6, 6.07) is 12.7. The average molecular weight is 394 g/mol. The van der Waals surface area contributed by atoms with Gasteiger partial charge in [-0.1, -0.05) is 18.2 Å². The van der Waals surface area contributed by atoms with Crippen molar-refractivity contribution in [2.24, 2.45) is 0 Å². The minimum atomic E-state index is -0.329. The second kappa shape index (κ2) is 7.06. The van der Waals surface area contributed by atoms with E-state index in [9.17, 15) is 9.59 Å². The first-order chi connectivity index (χ1) is 11.1. The summed E-state index contributed by atoms with van der Waals surface area (Å²) in [7, 11) is 0. The van der Waals surface area contributed by atoms with E-state index >= 15 is 0 Å². The molecule has 2 heterocycles. The zero-order valence-electron chi connectivity index (χ0n) is 11.9. The van der Waals surface area contributed by atoms with Crippen molar-refractivity contribution in [1.29, 1.82) is 0 Å². The average Bonchev–Trinajstić information content (AvgIpc) is 3.06. The van der Waals surface area contributed by atoms with Crippen LogP contribution in [0.3, 0.4) is 0 Å². The third kappa shape index (κ3) is 3.86. The van der Waals surface area contributed by atoms with Gasteiger partial charge < -0.3 is 9.15 Å². The molecule has 0 aliphatic carbocycles. The number of para-hydroxylation sites is 1. The third-order valence-electron chi connectivity index (χ3n) is 3.07. The van der Waals surface area contributed by atoms with Crippen molar-refractivity contribution in [3.8, 4) is 5.75 Å². The summed E-state index contributed by atoms with van der Waals surface area (Å²) in [6.45, 7) is 0.459. The van der Waals surface area contributed by atoms with Gasteiger partial charge in [0.05, 0.1) is 11.4 Å². The molecule has 118 valence electrons. The van der Waals surface area contributed by atoms with E-state index in [1.54, 1.807) is 18.2 Å². The molecule has 1 saturated heterocycles. The highest BCUT2D eigenvalue weighted by molar-refractivity contribution is 9.10. The Hall–Kier alpha value is -1.99. The number of carbonyl (C=O) groups excluding carboxylic acids is 2. The number of ether oxygens (including phenoxy) is 1. The number of rotatable bonds is 5. The van der Waals surface area contributed by atoms with Crippen molar-refractivity contribution >= 4 is 44.9 Å². The first-order valence-corrected chi connectivity index (χ1v) is 8.43. The van der Waals surface area contributed by atoms with Crippen LogP contribution >= 0.6 is 27.7 Å². The van der Waals surface area contributed by atoms with Gasteiger partial charge in [0.1, 0.15) is 18.1 Å². The minimum Gasteiger partial charge on any atom is -0.492 e. The summed E-state index contributed by atoms with van der Waals surface area (Å²) in [5, 5.41) is -0.302. The summed E-state index contributed by atoms with van der Waals surface area (Å²) < 4.78 is 11.4. The Morgan fingerprint density at radius 1 is 1.17 bits per heavy atom. The van der Waals surface area contributed by atoms with Crippen molar-refractivity contribution in [2.45, 2.75) is 0 Å². The van der Waals surface area contributed by atoms with E-state index in [2.05, 4.69) is 15.9 Å². The number of hydrogen-bond donors (Lipinski definition) is 0. The molecule has 2 aromatic rings. The van der Waals surface area contributed by atoms with E-state index in [-0.39, 0.29) is 24.3 Å². The first kappa shape index (κ1) is 15.9. The van der Waals surface area contributed by atoms with E-state index < -0.39 is 0 Å². The molecule has 0 saturated carbocycles. The predicted octanol–water partition coefficient (Wildman–Crippen LogP) is 4.16. The number of nitrogens with zero attached hydrogens (tertiary/aromatic N) is 1. The summed E-state index contributed by atoms with van der Waals surface area (Å²) in [5.74, 6) is 0.891. The minimum absolute atomic E-state index is 0.207. The zero-order chi connectivity index (χ0) is 16.2. The fourth-order valence-corrected chi connectivity index (χ4v) is 3.16. The summed E-state index contributed by atoms with van der Waals surface area (Å²) in [6.07, 6.45) is 1.56. The number of imide groups is 1. The van der Waals surface area contributed by atoms with Gasteiger partial charge in [-0.05, 0) is 52.0 Å². The molecule has 0 radical (unpaired) electrons. The van der Waals surface area contributed by atoms with E-state index in [0.717, 1.165) is 11.8 Å². The molecule has 0 N–H and O–H groups in total. The Kier molecular flexibility index (Phi) is 4.88. The van der Waals surface area contributed by atoms with Crippen LogP contribution in [-0.4, -0.2) is 29.2 Å². The maximum absolute atomic E-state index is 12.3. The number of benzene rings is 1. The molecule has 2 amide bonds. The molecule has 5 nitrogen and oxygen atoms in total. The molecule has 1 fully saturated rings. The van der Waals surface area contributed by atoms with Crippen LogP contribution in [0, 0.1) is 0 Å². The molecule has 23 heavy (non-hydrogen) atoms. The van der Waals surface area contributed by atoms with Crippen LogP contribution in [0.15, 0.2) is 56.5 Å². The standard InChI is InChI=1S/C16H12BrNO4S/c17-14-7-6-12(22-14)10-13-15(19)18(16(20)23-13)8-9-21-11-4-2-1-3-5-11/h1-7,10H,8-9H2/b13-10+. The van der Waals surface area contributed by atoms with Crippen molar-refractivity contribution in [1.82, 2.24) is 4.90 Å². The number of carbonyl (C=O) groups is 2. The van der Waals surface area contributed by atoms with Gasteiger partial charge >= 0.3 is 0 Å². The SMILES string of the molecule is O=C1S/C(=C/c2ccc(Br)o2)C(=O)N1CCOc1ccccc1. The first-order valence-electron chi connectivity index (χ1n) is 6.82. The second-order valence-electron chi connectivity index (χ2n) is 4.64. The predicted molar refractivity (Wildman–Crippen MR) is 91.0 cm³/mol. The van der Waals surface area contributed by atoms with Crippen LogP contribution in [-0.2, 0) is 4.79 Å². The van der Waals surface area contributed by atoms with Crippen LogP contribution in [0.25, 0.3) is 6.08 Å². The lowest BCUT2D eigenvalue weighted by molar-refractivity contribution is -0.123. The number of hydrogen-bond acceptors (Lipinski definition) is 5. The molecular formula is C16H12BrNO4S. The molecule has 1 aliphatic heterocycles. The van der Waals surface area contributed by atoms with Crippen molar-refractivity contribution in [3.05, 3.63) is 57.8 Å². The summed E-state index contributed by atoms with van der Waals surface area (Å²) >= 11 is 4.10. The normalized spacial score (nSPS) is 16.4. The Balaban J connectivity index is 1.61. The van der Waals surface area contributed by atoms with E-state index in [4.69, 9.17) is 9.15 Å². The van der Waals surface area contributed by atoms with E-state index in [1.165, 1.54) is 4.90 Å². The third-order valence-corrected chi connectivity index (χ3v) is 4.40. The highest BCUT2D eigenvalue weighted by Crippen LogP contribution is 2.32. The molecule has 0 spiro atoms. The van der Waals surface area contributed by atoms with Crippen LogP contribution in [0.5, 0.6) is 5.75 Å². The van der Waals surface area contributed by atoms with E-state index in [1.807, 2.05) is 30.3 Å². The Morgan fingerprint density at radius 2 is 1.96 bits per heavy atom. The number of furan rings is 1. The fourth-order valence-electron chi connectivity index (χ4n) is 2.00.